The molecule has 0 aliphatic heterocycles. The minimum Gasteiger partial charge on any atom is -0.420 e. The highest BCUT2D eigenvalue weighted by Crippen LogP contribution is 2.30. The molecule has 0 unspecified atom stereocenters. The van der Waals surface area contributed by atoms with Crippen LogP contribution in [0.3, 0.4) is 0 Å². The SMILES string of the molecule is CC(C)CNc1nnc(SCc2nnc(-c3ccccc3Cl)o2)s1. The zero-order valence-corrected chi connectivity index (χ0v) is 15.6. The third-order valence-corrected chi connectivity index (χ3v) is 5.29. The van der Waals surface area contributed by atoms with Gasteiger partial charge < -0.3 is 9.73 Å². The zero-order chi connectivity index (χ0) is 16.9. The van der Waals surface area contributed by atoms with Gasteiger partial charge in [0.15, 0.2) is 4.34 Å². The summed E-state index contributed by atoms with van der Waals surface area (Å²) in [5.41, 5.74) is 0.735. The number of aromatic nitrogens is 4. The zero-order valence-electron chi connectivity index (χ0n) is 13.2. The van der Waals surface area contributed by atoms with E-state index in [0.717, 1.165) is 21.6 Å². The minimum absolute atomic E-state index is 0.424. The summed E-state index contributed by atoms with van der Waals surface area (Å²) in [4.78, 5) is 0. The van der Waals surface area contributed by atoms with E-state index in [4.69, 9.17) is 16.0 Å². The van der Waals surface area contributed by atoms with Crippen molar-refractivity contribution in [2.75, 3.05) is 11.9 Å². The van der Waals surface area contributed by atoms with Gasteiger partial charge in [0, 0.05) is 6.54 Å². The van der Waals surface area contributed by atoms with Crippen molar-refractivity contribution in [2.24, 2.45) is 5.92 Å². The maximum Gasteiger partial charge on any atom is 0.249 e. The van der Waals surface area contributed by atoms with Gasteiger partial charge in [0.2, 0.25) is 16.9 Å². The summed E-state index contributed by atoms with van der Waals surface area (Å²) in [6.07, 6.45) is 0. The van der Waals surface area contributed by atoms with E-state index in [-0.39, 0.29) is 0 Å². The Balaban J connectivity index is 1.59. The molecule has 0 saturated heterocycles. The summed E-state index contributed by atoms with van der Waals surface area (Å²) in [6.45, 7) is 5.18. The molecular weight excluding hydrogens is 366 g/mol. The number of nitrogens with zero attached hydrogens (tertiary/aromatic N) is 4. The van der Waals surface area contributed by atoms with Crippen molar-refractivity contribution >= 4 is 39.8 Å². The van der Waals surface area contributed by atoms with Gasteiger partial charge in [-0.1, -0.05) is 60.7 Å². The van der Waals surface area contributed by atoms with Crippen LogP contribution in [-0.2, 0) is 5.75 Å². The molecule has 0 aliphatic carbocycles. The van der Waals surface area contributed by atoms with Crippen LogP contribution in [0, 0.1) is 5.92 Å². The average molecular weight is 382 g/mol. The van der Waals surface area contributed by atoms with Crippen LogP contribution >= 0.6 is 34.7 Å². The van der Waals surface area contributed by atoms with Gasteiger partial charge in [-0.3, -0.25) is 0 Å². The quantitative estimate of drug-likeness (QED) is 0.599. The Morgan fingerprint density at radius 1 is 1.21 bits per heavy atom. The van der Waals surface area contributed by atoms with Crippen LogP contribution in [0.25, 0.3) is 11.5 Å². The van der Waals surface area contributed by atoms with E-state index in [1.807, 2.05) is 18.2 Å². The molecule has 0 spiro atoms. The van der Waals surface area contributed by atoms with E-state index in [2.05, 4.69) is 39.6 Å². The van der Waals surface area contributed by atoms with Crippen LogP contribution in [0.15, 0.2) is 33.0 Å². The molecule has 3 rings (SSSR count). The molecular formula is C15H16ClN5OS2. The highest BCUT2D eigenvalue weighted by Gasteiger charge is 2.13. The molecule has 0 bridgehead atoms. The summed E-state index contributed by atoms with van der Waals surface area (Å²) in [6, 6.07) is 7.39. The molecule has 0 radical (unpaired) electrons. The largest absolute Gasteiger partial charge is 0.420 e. The number of halogens is 1. The van der Waals surface area contributed by atoms with Crippen LogP contribution in [-0.4, -0.2) is 26.9 Å². The summed E-state index contributed by atoms with van der Waals surface area (Å²) in [5, 5.41) is 21.1. The second kappa shape index (κ2) is 7.96. The molecule has 3 aromatic rings. The molecule has 2 heterocycles. The number of hydrogen-bond acceptors (Lipinski definition) is 8. The molecule has 0 amide bonds. The average Bonchev–Trinajstić information content (AvgIpc) is 3.21. The first-order chi connectivity index (χ1) is 11.6. The fourth-order valence-corrected chi connectivity index (χ4v) is 3.62. The molecule has 2 aromatic heterocycles. The van der Waals surface area contributed by atoms with E-state index < -0.39 is 0 Å². The summed E-state index contributed by atoms with van der Waals surface area (Å²) >= 11 is 9.17. The van der Waals surface area contributed by atoms with Crippen molar-refractivity contribution in [1.29, 1.82) is 0 Å². The van der Waals surface area contributed by atoms with Gasteiger partial charge in [0.1, 0.15) is 0 Å². The third-order valence-electron chi connectivity index (χ3n) is 2.96. The molecule has 9 heteroatoms. The first-order valence-electron chi connectivity index (χ1n) is 7.39. The van der Waals surface area contributed by atoms with Crippen LogP contribution in [0.1, 0.15) is 19.7 Å². The van der Waals surface area contributed by atoms with E-state index >= 15 is 0 Å². The number of nitrogens with one attached hydrogen (secondary N) is 1. The van der Waals surface area contributed by atoms with E-state index in [1.54, 1.807) is 6.07 Å². The normalized spacial score (nSPS) is 11.2. The van der Waals surface area contributed by atoms with E-state index in [9.17, 15) is 0 Å². The Hall–Kier alpha value is -1.64. The van der Waals surface area contributed by atoms with Crippen molar-refractivity contribution in [3.8, 4) is 11.5 Å². The Kier molecular flexibility index (Phi) is 5.70. The lowest BCUT2D eigenvalue weighted by molar-refractivity contribution is 0.528. The fraction of sp³-hybridized carbons (Fsp3) is 0.333. The highest BCUT2D eigenvalue weighted by molar-refractivity contribution is 8.00. The Morgan fingerprint density at radius 3 is 2.83 bits per heavy atom. The molecule has 0 atom stereocenters. The van der Waals surface area contributed by atoms with Gasteiger partial charge in [0.25, 0.3) is 0 Å². The van der Waals surface area contributed by atoms with Crippen LogP contribution in [0.2, 0.25) is 5.02 Å². The van der Waals surface area contributed by atoms with Crippen molar-refractivity contribution in [1.82, 2.24) is 20.4 Å². The fourth-order valence-electron chi connectivity index (χ4n) is 1.81. The van der Waals surface area contributed by atoms with Crippen molar-refractivity contribution in [3.05, 3.63) is 35.2 Å². The van der Waals surface area contributed by atoms with Crippen LogP contribution in [0.5, 0.6) is 0 Å². The standard InChI is InChI=1S/C15H16ClN5OS2/c1-9(2)7-17-14-20-21-15(24-14)23-8-12-18-19-13(22-12)10-5-3-4-6-11(10)16/h3-6,9H,7-8H2,1-2H3,(H,17,20). The highest BCUT2D eigenvalue weighted by atomic mass is 35.5. The van der Waals surface area contributed by atoms with Crippen molar-refractivity contribution < 1.29 is 4.42 Å². The Labute approximate surface area is 153 Å². The Bertz CT molecular complexity index is 805. The lowest BCUT2D eigenvalue weighted by Crippen LogP contribution is -2.07. The summed E-state index contributed by atoms with van der Waals surface area (Å²) in [7, 11) is 0. The van der Waals surface area contributed by atoms with Gasteiger partial charge >= 0.3 is 0 Å². The van der Waals surface area contributed by atoms with Gasteiger partial charge in [-0.05, 0) is 18.1 Å². The van der Waals surface area contributed by atoms with Crippen LogP contribution < -0.4 is 5.32 Å². The molecule has 24 heavy (non-hydrogen) atoms. The molecule has 0 saturated carbocycles. The second-order valence-electron chi connectivity index (χ2n) is 5.42. The van der Waals surface area contributed by atoms with Gasteiger partial charge in [-0.25, -0.2) is 0 Å². The van der Waals surface area contributed by atoms with Gasteiger partial charge in [-0.15, -0.1) is 20.4 Å². The third kappa shape index (κ3) is 4.46. The first-order valence-corrected chi connectivity index (χ1v) is 9.57. The molecule has 126 valence electrons. The number of hydrogen-bond donors (Lipinski definition) is 1. The minimum atomic E-state index is 0.424. The number of rotatable bonds is 7. The number of benzene rings is 1. The Morgan fingerprint density at radius 2 is 2.04 bits per heavy atom. The maximum absolute atomic E-state index is 6.14. The topological polar surface area (TPSA) is 76.7 Å². The van der Waals surface area contributed by atoms with Crippen molar-refractivity contribution in [2.45, 2.75) is 23.9 Å². The smallest absolute Gasteiger partial charge is 0.249 e. The molecule has 6 nitrogen and oxygen atoms in total. The first kappa shape index (κ1) is 17.2. The molecule has 1 N–H and O–H groups in total. The number of anilines is 1. The van der Waals surface area contributed by atoms with E-state index in [0.29, 0.717) is 28.5 Å². The van der Waals surface area contributed by atoms with Crippen molar-refractivity contribution in [3.63, 3.8) is 0 Å². The second-order valence-corrected chi connectivity index (χ2v) is 8.02. The van der Waals surface area contributed by atoms with Gasteiger partial charge in [-0.2, -0.15) is 0 Å². The summed E-state index contributed by atoms with van der Waals surface area (Å²) in [5.74, 6) is 2.05. The summed E-state index contributed by atoms with van der Waals surface area (Å²) < 4.78 is 6.53. The molecule has 0 aliphatic rings. The molecule has 0 fully saturated rings. The molecule has 1 aromatic carbocycles. The van der Waals surface area contributed by atoms with E-state index in [1.165, 1.54) is 23.1 Å². The monoisotopic (exact) mass is 381 g/mol. The predicted molar refractivity (Wildman–Crippen MR) is 97.5 cm³/mol. The lowest BCUT2D eigenvalue weighted by atomic mass is 10.2. The lowest BCUT2D eigenvalue weighted by Gasteiger charge is -2.03. The predicted octanol–water partition coefficient (Wildman–Crippen LogP) is 4.60. The maximum atomic E-state index is 6.14. The number of thioether (sulfide) groups is 1. The van der Waals surface area contributed by atoms with Gasteiger partial charge in [0.05, 0.1) is 16.3 Å². The van der Waals surface area contributed by atoms with Crippen LogP contribution in [0.4, 0.5) is 5.13 Å².